The second-order valence-corrected chi connectivity index (χ2v) is 4.60. The highest BCUT2D eigenvalue weighted by Crippen LogP contribution is 2.13. The Morgan fingerprint density at radius 3 is 2.50 bits per heavy atom. The number of ether oxygens (including phenoxy) is 1. The first-order valence-corrected chi connectivity index (χ1v) is 6.28. The highest BCUT2D eigenvalue weighted by Gasteiger charge is 2.13. The highest BCUT2D eigenvalue weighted by molar-refractivity contribution is 5.21. The smallest absolute Gasteiger partial charge is 0.119 e. The Hall–Kier alpha value is -1.02. The zero-order chi connectivity index (χ0) is 11.2. The van der Waals surface area contributed by atoms with E-state index in [1.807, 2.05) is 30.3 Å². The van der Waals surface area contributed by atoms with Crippen LogP contribution in [0.3, 0.4) is 0 Å². The van der Waals surface area contributed by atoms with Gasteiger partial charge in [0.2, 0.25) is 0 Å². The number of para-hydroxylation sites is 1. The first-order chi connectivity index (χ1) is 7.84. The number of hydrogen-bond acceptors (Lipinski definition) is 2. The fourth-order valence-corrected chi connectivity index (χ4v) is 2.27. The monoisotopic (exact) mass is 219 g/mol. The molecule has 1 unspecified atom stereocenters. The van der Waals surface area contributed by atoms with E-state index in [1.54, 1.807) is 0 Å². The van der Waals surface area contributed by atoms with Crippen LogP contribution >= 0.6 is 0 Å². The molecule has 1 aliphatic rings. The van der Waals surface area contributed by atoms with Crippen LogP contribution in [0.25, 0.3) is 0 Å². The van der Waals surface area contributed by atoms with Gasteiger partial charge in [0, 0.05) is 6.54 Å². The second kappa shape index (κ2) is 5.90. The van der Waals surface area contributed by atoms with Crippen molar-refractivity contribution in [3.05, 3.63) is 30.3 Å². The van der Waals surface area contributed by atoms with E-state index in [0.717, 1.165) is 12.3 Å². The van der Waals surface area contributed by atoms with Gasteiger partial charge in [0.1, 0.15) is 11.9 Å². The summed E-state index contributed by atoms with van der Waals surface area (Å²) < 4.78 is 5.88. The zero-order valence-corrected chi connectivity index (χ0v) is 10.1. The lowest BCUT2D eigenvalue weighted by Gasteiger charge is -2.29. The van der Waals surface area contributed by atoms with E-state index in [4.69, 9.17) is 4.74 Å². The summed E-state index contributed by atoms with van der Waals surface area (Å²) in [6.45, 7) is 5.68. The largest absolute Gasteiger partial charge is 0.489 e. The Labute approximate surface area is 98.2 Å². The maximum atomic E-state index is 5.88. The molecule has 1 heterocycles. The molecule has 0 bridgehead atoms. The third-order valence-electron chi connectivity index (χ3n) is 3.04. The van der Waals surface area contributed by atoms with Gasteiger partial charge in [-0.3, -0.25) is 4.90 Å². The molecule has 1 saturated heterocycles. The molecule has 0 radical (unpaired) electrons. The summed E-state index contributed by atoms with van der Waals surface area (Å²) in [5.41, 5.74) is 0. The average molecular weight is 219 g/mol. The van der Waals surface area contributed by atoms with Gasteiger partial charge in [-0.1, -0.05) is 24.6 Å². The van der Waals surface area contributed by atoms with E-state index in [-0.39, 0.29) is 6.10 Å². The van der Waals surface area contributed by atoms with Crippen LogP contribution in [0.2, 0.25) is 0 Å². The van der Waals surface area contributed by atoms with Crippen LogP contribution in [0.1, 0.15) is 26.2 Å². The van der Waals surface area contributed by atoms with Crippen molar-refractivity contribution >= 4 is 0 Å². The summed E-state index contributed by atoms with van der Waals surface area (Å²) in [6.07, 6.45) is 4.36. The maximum absolute atomic E-state index is 5.88. The molecule has 0 amide bonds. The minimum absolute atomic E-state index is 0.278. The summed E-state index contributed by atoms with van der Waals surface area (Å²) in [6, 6.07) is 10.1. The Morgan fingerprint density at radius 2 is 1.81 bits per heavy atom. The van der Waals surface area contributed by atoms with E-state index in [1.165, 1.54) is 32.4 Å². The number of rotatable bonds is 4. The molecule has 0 N–H and O–H groups in total. The van der Waals surface area contributed by atoms with Crippen LogP contribution in [0.4, 0.5) is 0 Å². The van der Waals surface area contributed by atoms with Gasteiger partial charge in [-0.15, -0.1) is 0 Å². The molecule has 0 aromatic heterocycles. The van der Waals surface area contributed by atoms with Gasteiger partial charge in [-0.2, -0.15) is 0 Å². The van der Waals surface area contributed by atoms with Crippen molar-refractivity contribution in [1.82, 2.24) is 4.90 Å². The summed E-state index contributed by atoms with van der Waals surface area (Å²) in [5.74, 6) is 0.979. The van der Waals surface area contributed by atoms with Gasteiger partial charge in [0.05, 0.1) is 0 Å². The molecular formula is C14H21NO. The van der Waals surface area contributed by atoms with Crippen molar-refractivity contribution in [2.45, 2.75) is 32.3 Å². The normalized spacial score (nSPS) is 19.3. The third kappa shape index (κ3) is 3.53. The molecule has 1 fully saturated rings. The van der Waals surface area contributed by atoms with E-state index in [9.17, 15) is 0 Å². The molecular weight excluding hydrogens is 198 g/mol. The van der Waals surface area contributed by atoms with Gasteiger partial charge in [-0.05, 0) is 45.0 Å². The van der Waals surface area contributed by atoms with E-state index < -0.39 is 0 Å². The minimum Gasteiger partial charge on any atom is -0.489 e. The number of benzene rings is 1. The van der Waals surface area contributed by atoms with Crippen LogP contribution in [0.5, 0.6) is 5.75 Å². The lowest BCUT2D eigenvalue weighted by molar-refractivity contribution is 0.130. The van der Waals surface area contributed by atoms with Gasteiger partial charge >= 0.3 is 0 Å². The van der Waals surface area contributed by atoms with Crippen molar-refractivity contribution in [3.63, 3.8) is 0 Å². The maximum Gasteiger partial charge on any atom is 0.119 e. The van der Waals surface area contributed by atoms with Gasteiger partial charge in [0.25, 0.3) is 0 Å². The summed E-state index contributed by atoms with van der Waals surface area (Å²) >= 11 is 0. The number of likely N-dealkylation sites (tertiary alicyclic amines) is 1. The van der Waals surface area contributed by atoms with Gasteiger partial charge < -0.3 is 4.74 Å². The lowest BCUT2D eigenvalue weighted by Crippen LogP contribution is -2.37. The predicted molar refractivity (Wildman–Crippen MR) is 66.8 cm³/mol. The first kappa shape index (κ1) is 11.5. The fourth-order valence-electron chi connectivity index (χ4n) is 2.27. The summed E-state index contributed by atoms with van der Waals surface area (Å²) in [5, 5.41) is 0. The molecule has 88 valence electrons. The number of nitrogens with zero attached hydrogens (tertiary/aromatic N) is 1. The Morgan fingerprint density at radius 1 is 1.12 bits per heavy atom. The highest BCUT2D eigenvalue weighted by atomic mass is 16.5. The van der Waals surface area contributed by atoms with Crippen molar-refractivity contribution in [3.8, 4) is 5.75 Å². The Bertz CT molecular complexity index is 293. The van der Waals surface area contributed by atoms with Crippen molar-refractivity contribution in [1.29, 1.82) is 0 Å². The van der Waals surface area contributed by atoms with E-state index >= 15 is 0 Å². The van der Waals surface area contributed by atoms with Crippen LogP contribution in [0, 0.1) is 0 Å². The topological polar surface area (TPSA) is 12.5 Å². The SMILES string of the molecule is CC(CN1CCCCC1)Oc1ccccc1. The number of hydrogen-bond donors (Lipinski definition) is 0. The van der Waals surface area contributed by atoms with E-state index in [2.05, 4.69) is 11.8 Å². The van der Waals surface area contributed by atoms with Crippen LogP contribution < -0.4 is 4.74 Å². The number of piperidine rings is 1. The Kier molecular flexibility index (Phi) is 4.23. The molecule has 0 aliphatic carbocycles. The second-order valence-electron chi connectivity index (χ2n) is 4.60. The first-order valence-electron chi connectivity index (χ1n) is 6.28. The summed E-state index contributed by atoms with van der Waals surface area (Å²) in [4.78, 5) is 2.51. The third-order valence-corrected chi connectivity index (χ3v) is 3.04. The van der Waals surface area contributed by atoms with E-state index in [0.29, 0.717) is 0 Å². The summed E-state index contributed by atoms with van der Waals surface area (Å²) in [7, 11) is 0. The molecule has 2 heteroatoms. The molecule has 1 aromatic carbocycles. The van der Waals surface area contributed by atoms with Crippen LogP contribution in [0.15, 0.2) is 30.3 Å². The lowest BCUT2D eigenvalue weighted by atomic mass is 10.1. The predicted octanol–water partition coefficient (Wildman–Crippen LogP) is 2.94. The molecule has 1 aliphatic heterocycles. The molecule has 2 nitrogen and oxygen atoms in total. The fraction of sp³-hybridized carbons (Fsp3) is 0.571. The van der Waals surface area contributed by atoms with Crippen molar-refractivity contribution in [2.75, 3.05) is 19.6 Å². The average Bonchev–Trinajstić information content (AvgIpc) is 2.31. The minimum atomic E-state index is 0.278. The Balaban J connectivity index is 1.77. The zero-order valence-electron chi connectivity index (χ0n) is 10.1. The van der Waals surface area contributed by atoms with Crippen molar-refractivity contribution < 1.29 is 4.74 Å². The van der Waals surface area contributed by atoms with Gasteiger partial charge in [-0.25, -0.2) is 0 Å². The molecule has 2 rings (SSSR count). The standard InChI is InChI=1S/C14H21NO/c1-13(12-15-10-6-3-7-11-15)16-14-8-4-2-5-9-14/h2,4-5,8-9,13H,3,6-7,10-12H2,1H3. The molecule has 1 aromatic rings. The van der Waals surface area contributed by atoms with Gasteiger partial charge in [0.15, 0.2) is 0 Å². The quantitative estimate of drug-likeness (QED) is 0.772. The molecule has 0 saturated carbocycles. The van der Waals surface area contributed by atoms with Crippen LogP contribution in [-0.2, 0) is 0 Å². The molecule has 0 spiro atoms. The van der Waals surface area contributed by atoms with Crippen LogP contribution in [-0.4, -0.2) is 30.6 Å². The molecule has 1 atom stereocenters. The van der Waals surface area contributed by atoms with Crippen molar-refractivity contribution in [2.24, 2.45) is 0 Å². The molecule has 16 heavy (non-hydrogen) atoms.